The standard InChI is InChI=1S/C10H18BrN3O/c1-12-5-7-13(8-6-12)14-4-2-3-9(11)10(14)15/h9H,2-8H2,1H3. The molecule has 0 aromatic rings. The highest BCUT2D eigenvalue weighted by atomic mass is 79.9. The third-order valence-corrected chi connectivity index (χ3v) is 4.02. The predicted molar refractivity (Wildman–Crippen MR) is 62.7 cm³/mol. The zero-order valence-electron chi connectivity index (χ0n) is 9.15. The van der Waals surface area contributed by atoms with Crippen molar-refractivity contribution in [2.24, 2.45) is 0 Å². The smallest absolute Gasteiger partial charge is 0.250 e. The van der Waals surface area contributed by atoms with Crippen molar-refractivity contribution in [2.75, 3.05) is 39.8 Å². The Morgan fingerprint density at radius 2 is 1.87 bits per heavy atom. The number of alkyl halides is 1. The largest absolute Gasteiger partial charge is 0.304 e. The lowest BCUT2D eigenvalue weighted by Crippen LogP contribution is -2.57. The minimum Gasteiger partial charge on any atom is -0.304 e. The van der Waals surface area contributed by atoms with Gasteiger partial charge in [0.05, 0.1) is 4.83 Å². The maximum absolute atomic E-state index is 11.9. The van der Waals surface area contributed by atoms with Crippen molar-refractivity contribution in [3.8, 4) is 0 Å². The zero-order chi connectivity index (χ0) is 10.8. The van der Waals surface area contributed by atoms with Crippen LogP contribution in [0.4, 0.5) is 0 Å². The summed E-state index contributed by atoms with van der Waals surface area (Å²) in [4.78, 5) is 14.3. The first kappa shape index (κ1) is 11.4. The lowest BCUT2D eigenvalue weighted by atomic mass is 10.1. The van der Waals surface area contributed by atoms with Gasteiger partial charge in [0, 0.05) is 32.7 Å². The molecule has 0 bridgehead atoms. The molecule has 1 atom stereocenters. The van der Waals surface area contributed by atoms with Crippen molar-refractivity contribution in [1.82, 2.24) is 14.9 Å². The summed E-state index contributed by atoms with van der Waals surface area (Å²) in [5.41, 5.74) is 0. The third kappa shape index (κ3) is 2.52. The first-order chi connectivity index (χ1) is 7.18. The summed E-state index contributed by atoms with van der Waals surface area (Å²) in [7, 11) is 2.13. The van der Waals surface area contributed by atoms with Crippen LogP contribution < -0.4 is 0 Å². The molecule has 0 N–H and O–H groups in total. The molecule has 0 aromatic heterocycles. The number of rotatable bonds is 1. The minimum absolute atomic E-state index is 0.0332. The van der Waals surface area contributed by atoms with Gasteiger partial charge in [-0.1, -0.05) is 15.9 Å². The van der Waals surface area contributed by atoms with Gasteiger partial charge in [-0.15, -0.1) is 0 Å². The van der Waals surface area contributed by atoms with Gasteiger partial charge in [-0.25, -0.2) is 5.01 Å². The quantitative estimate of drug-likeness (QED) is 0.654. The number of carbonyl (C=O) groups is 1. The molecule has 86 valence electrons. The molecule has 2 saturated heterocycles. The Morgan fingerprint density at radius 3 is 2.53 bits per heavy atom. The Labute approximate surface area is 99.3 Å². The van der Waals surface area contributed by atoms with Gasteiger partial charge in [0.2, 0.25) is 0 Å². The van der Waals surface area contributed by atoms with Crippen LogP contribution in [0.2, 0.25) is 0 Å². The average Bonchev–Trinajstić information content (AvgIpc) is 2.24. The number of hydrogen-bond donors (Lipinski definition) is 0. The highest BCUT2D eigenvalue weighted by Gasteiger charge is 2.31. The fourth-order valence-corrected chi connectivity index (χ4v) is 2.69. The summed E-state index contributed by atoms with van der Waals surface area (Å²) in [6.07, 6.45) is 2.08. The van der Waals surface area contributed by atoms with Crippen LogP contribution in [0.5, 0.6) is 0 Å². The molecule has 5 heteroatoms. The first-order valence-electron chi connectivity index (χ1n) is 5.57. The monoisotopic (exact) mass is 275 g/mol. The van der Waals surface area contributed by atoms with E-state index in [2.05, 4.69) is 32.9 Å². The molecule has 0 saturated carbocycles. The van der Waals surface area contributed by atoms with Crippen LogP contribution in [0, 0.1) is 0 Å². The lowest BCUT2D eigenvalue weighted by Gasteiger charge is -2.42. The van der Waals surface area contributed by atoms with Gasteiger partial charge in [-0.2, -0.15) is 0 Å². The third-order valence-electron chi connectivity index (χ3n) is 3.17. The van der Waals surface area contributed by atoms with E-state index in [1.165, 1.54) is 0 Å². The normalized spacial score (nSPS) is 30.9. The Bertz CT molecular complexity index is 241. The average molecular weight is 276 g/mol. The Hall–Kier alpha value is -0.130. The van der Waals surface area contributed by atoms with Crippen molar-refractivity contribution in [3.05, 3.63) is 0 Å². The first-order valence-corrected chi connectivity index (χ1v) is 6.49. The molecular weight excluding hydrogens is 258 g/mol. The summed E-state index contributed by atoms with van der Waals surface area (Å²) >= 11 is 3.44. The number of piperidine rings is 1. The fraction of sp³-hybridized carbons (Fsp3) is 0.900. The number of hydrazine groups is 1. The number of hydrogen-bond acceptors (Lipinski definition) is 3. The molecule has 1 unspecified atom stereocenters. The zero-order valence-corrected chi connectivity index (χ0v) is 10.7. The minimum atomic E-state index is 0.0332. The highest BCUT2D eigenvalue weighted by Crippen LogP contribution is 2.20. The summed E-state index contributed by atoms with van der Waals surface area (Å²) in [6, 6.07) is 0. The second-order valence-corrected chi connectivity index (χ2v) is 5.43. The molecule has 15 heavy (non-hydrogen) atoms. The van der Waals surface area contributed by atoms with E-state index in [1.54, 1.807) is 0 Å². The van der Waals surface area contributed by atoms with Gasteiger partial charge in [-0.3, -0.25) is 9.80 Å². The molecule has 0 aromatic carbocycles. The van der Waals surface area contributed by atoms with E-state index < -0.39 is 0 Å². The van der Waals surface area contributed by atoms with E-state index in [1.807, 2.05) is 5.01 Å². The fourth-order valence-electron chi connectivity index (χ4n) is 2.13. The summed E-state index contributed by atoms with van der Waals surface area (Å²) < 4.78 is 0. The number of piperazine rings is 1. The van der Waals surface area contributed by atoms with Crippen LogP contribution >= 0.6 is 15.9 Å². The number of likely N-dealkylation sites (N-methyl/N-ethyl adjacent to an activating group) is 1. The summed E-state index contributed by atoms with van der Waals surface area (Å²) in [5.74, 6) is 0.241. The van der Waals surface area contributed by atoms with E-state index in [0.717, 1.165) is 45.6 Å². The molecular formula is C10H18BrN3O. The van der Waals surface area contributed by atoms with Crippen LogP contribution in [0.3, 0.4) is 0 Å². The second kappa shape index (κ2) is 4.80. The molecule has 0 radical (unpaired) electrons. The Balaban J connectivity index is 1.94. The number of carbonyl (C=O) groups excluding carboxylic acids is 1. The summed E-state index contributed by atoms with van der Waals surface area (Å²) in [6.45, 7) is 4.95. The number of amides is 1. The van der Waals surface area contributed by atoms with E-state index in [-0.39, 0.29) is 10.7 Å². The number of halogens is 1. The van der Waals surface area contributed by atoms with E-state index in [4.69, 9.17) is 0 Å². The van der Waals surface area contributed by atoms with Crippen LogP contribution in [0.1, 0.15) is 12.8 Å². The molecule has 2 aliphatic rings. The van der Waals surface area contributed by atoms with Gasteiger partial charge >= 0.3 is 0 Å². The van der Waals surface area contributed by atoms with Crippen molar-refractivity contribution < 1.29 is 4.79 Å². The molecule has 1 amide bonds. The number of nitrogens with zero attached hydrogens (tertiary/aromatic N) is 3. The van der Waals surface area contributed by atoms with Gasteiger partial charge < -0.3 is 4.90 Å². The molecule has 2 aliphatic heterocycles. The van der Waals surface area contributed by atoms with Gasteiger partial charge in [0.15, 0.2) is 0 Å². The lowest BCUT2D eigenvalue weighted by molar-refractivity contribution is -0.154. The Morgan fingerprint density at radius 1 is 1.20 bits per heavy atom. The van der Waals surface area contributed by atoms with E-state index in [0.29, 0.717) is 0 Å². The predicted octanol–water partition coefficient (Wildman–Crippen LogP) is 0.535. The highest BCUT2D eigenvalue weighted by molar-refractivity contribution is 9.10. The second-order valence-electron chi connectivity index (χ2n) is 4.33. The topological polar surface area (TPSA) is 26.8 Å². The molecule has 0 spiro atoms. The van der Waals surface area contributed by atoms with Crippen molar-refractivity contribution in [1.29, 1.82) is 0 Å². The maximum atomic E-state index is 11.9. The van der Waals surface area contributed by atoms with E-state index in [9.17, 15) is 4.79 Å². The molecule has 2 fully saturated rings. The SMILES string of the molecule is CN1CCN(N2CCCC(Br)C2=O)CC1. The Kier molecular flexibility index (Phi) is 3.64. The summed E-state index contributed by atoms with van der Waals surface area (Å²) in [5, 5.41) is 4.14. The molecule has 2 heterocycles. The van der Waals surface area contributed by atoms with Crippen LogP contribution in [0.15, 0.2) is 0 Å². The van der Waals surface area contributed by atoms with Crippen LogP contribution in [-0.2, 0) is 4.79 Å². The van der Waals surface area contributed by atoms with Crippen molar-refractivity contribution >= 4 is 21.8 Å². The molecule has 4 nitrogen and oxygen atoms in total. The van der Waals surface area contributed by atoms with Crippen molar-refractivity contribution in [3.63, 3.8) is 0 Å². The van der Waals surface area contributed by atoms with Crippen molar-refractivity contribution in [2.45, 2.75) is 17.7 Å². The van der Waals surface area contributed by atoms with Crippen LogP contribution in [0.25, 0.3) is 0 Å². The van der Waals surface area contributed by atoms with Crippen LogP contribution in [-0.4, -0.2) is 65.4 Å². The molecule has 2 rings (SSSR count). The van der Waals surface area contributed by atoms with Gasteiger partial charge in [0.1, 0.15) is 0 Å². The van der Waals surface area contributed by atoms with Gasteiger partial charge in [-0.05, 0) is 19.9 Å². The van der Waals surface area contributed by atoms with E-state index >= 15 is 0 Å². The maximum Gasteiger partial charge on any atom is 0.250 e. The van der Waals surface area contributed by atoms with Gasteiger partial charge in [0.25, 0.3) is 5.91 Å². The molecule has 0 aliphatic carbocycles.